The number of aryl methyl sites for hydroxylation is 2. The van der Waals surface area contributed by atoms with Crippen molar-refractivity contribution in [2.45, 2.75) is 39.8 Å². The molecular formula is C18H20N4O3. The fourth-order valence-corrected chi connectivity index (χ4v) is 2.46. The lowest BCUT2D eigenvalue weighted by Gasteiger charge is -2.08. The molecule has 2 heterocycles. The molecule has 0 aliphatic heterocycles. The van der Waals surface area contributed by atoms with Gasteiger partial charge in [-0.1, -0.05) is 29.4 Å². The summed E-state index contributed by atoms with van der Waals surface area (Å²) in [5, 5.41) is 8.12. The van der Waals surface area contributed by atoms with Crippen LogP contribution in [0.5, 0.6) is 0 Å². The molecule has 1 atom stereocenters. The summed E-state index contributed by atoms with van der Waals surface area (Å²) in [6.45, 7) is 6.43. The summed E-state index contributed by atoms with van der Waals surface area (Å²) < 4.78 is 12.4. The Labute approximate surface area is 145 Å². The molecule has 0 spiro atoms. The molecule has 7 heteroatoms. The number of rotatable bonds is 6. The minimum Gasteiger partial charge on any atom is -0.452 e. The van der Waals surface area contributed by atoms with Crippen LogP contribution in [0.15, 0.2) is 41.2 Å². The highest BCUT2D eigenvalue weighted by Gasteiger charge is 2.20. The van der Waals surface area contributed by atoms with Gasteiger partial charge in [-0.15, -0.1) is 0 Å². The Kier molecular flexibility index (Phi) is 4.92. The van der Waals surface area contributed by atoms with Crippen LogP contribution in [-0.2, 0) is 22.5 Å². The summed E-state index contributed by atoms with van der Waals surface area (Å²) >= 11 is 0. The lowest BCUT2D eigenvalue weighted by Crippen LogP contribution is -2.11. The standard InChI is InChI=1S/C18H20N4O3/c1-4-22-11-14(10-19-22)9-16(23)24-13(3)18-20-17(21-25-18)15-8-6-5-7-12(15)2/h5-8,10-11,13H,4,9H2,1-3H3. The number of aromatic nitrogens is 4. The molecule has 2 aromatic heterocycles. The van der Waals surface area contributed by atoms with E-state index in [0.29, 0.717) is 5.82 Å². The summed E-state index contributed by atoms with van der Waals surface area (Å²) in [6, 6.07) is 7.76. The second-order valence-electron chi connectivity index (χ2n) is 5.78. The maximum Gasteiger partial charge on any atom is 0.311 e. The maximum atomic E-state index is 12.1. The number of carbonyl (C=O) groups excluding carboxylic acids is 1. The number of carbonyl (C=O) groups is 1. The van der Waals surface area contributed by atoms with Crippen molar-refractivity contribution in [3.63, 3.8) is 0 Å². The van der Waals surface area contributed by atoms with Gasteiger partial charge in [0.2, 0.25) is 5.82 Å². The van der Waals surface area contributed by atoms with Gasteiger partial charge in [0.25, 0.3) is 5.89 Å². The van der Waals surface area contributed by atoms with Gasteiger partial charge in [-0.3, -0.25) is 9.48 Å². The molecule has 0 aliphatic rings. The van der Waals surface area contributed by atoms with Crippen molar-refractivity contribution in [1.82, 2.24) is 19.9 Å². The van der Waals surface area contributed by atoms with Crippen LogP contribution in [0.25, 0.3) is 11.4 Å². The van der Waals surface area contributed by atoms with Crippen LogP contribution < -0.4 is 0 Å². The van der Waals surface area contributed by atoms with Crippen LogP contribution in [0.3, 0.4) is 0 Å². The van der Waals surface area contributed by atoms with Crippen molar-refractivity contribution >= 4 is 5.97 Å². The molecule has 0 saturated heterocycles. The third kappa shape index (κ3) is 3.93. The highest BCUT2D eigenvalue weighted by molar-refractivity contribution is 5.72. The van der Waals surface area contributed by atoms with Crippen LogP contribution in [0.1, 0.15) is 37.0 Å². The predicted octanol–water partition coefficient (Wildman–Crippen LogP) is 3.11. The fraction of sp³-hybridized carbons (Fsp3) is 0.333. The Hall–Kier alpha value is -2.96. The molecule has 0 radical (unpaired) electrons. The Balaban J connectivity index is 1.64. The number of hydrogen-bond acceptors (Lipinski definition) is 6. The molecule has 0 fully saturated rings. The lowest BCUT2D eigenvalue weighted by atomic mass is 10.1. The summed E-state index contributed by atoms with van der Waals surface area (Å²) in [7, 11) is 0. The van der Waals surface area contributed by atoms with Crippen LogP contribution in [0.4, 0.5) is 0 Å². The van der Waals surface area contributed by atoms with Crippen LogP contribution in [0, 0.1) is 6.92 Å². The molecule has 25 heavy (non-hydrogen) atoms. The normalized spacial score (nSPS) is 12.1. The van der Waals surface area contributed by atoms with Crippen molar-refractivity contribution < 1.29 is 14.1 Å². The smallest absolute Gasteiger partial charge is 0.311 e. The largest absolute Gasteiger partial charge is 0.452 e. The molecule has 0 bridgehead atoms. The zero-order valence-electron chi connectivity index (χ0n) is 14.5. The Morgan fingerprint density at radius 2 is 2.16 bits per heavy atom. The van der Waals surface area contributed by atoms with E-state index in [2.05, 4.69) is 15.2 Å². The van der Waals surface area contributed by atoms with E-state index in [4.69, 9.17) is 9.26 Å². The van der Waals surface area contributed by atoms with Gasteiger partial charge >= 0.3 is 5.97 Å². The van der Waals surface area contributed by atoms with Gasteiger partial charge in [-0.2, -0.15) is 10.1 Å². The maximum absolute atomic E-state index is 12.1. The quantitative estimate of drug-likeness (QED) is 0.641. The SMILES string of the molecule is CCn1cc(CC(=O)OC(C)c2nc(-c3ccccc3C)no2)cn1. The van der Waals surface area contributed by atoms with Gasteiger partial charge in [0.15, 0.2) is 6.10 Å². The van der Waals surface area contributed by atoms with Gasteiger partial charge in [-0.05, 0) is 26.3 Å². The third-order valence-corrected chi connectivity index (χ3v) is 3.84. The van der Waals surface area contributed by atoms with Crippen molar-refractivity contribution in [1.29, 1.82) is 0 Å². The average Bonchev–Trinajstić information content (AvgIpc) is 3.24. The molecule has 0 saturated carbocycles. The monoisotopic (exact) mass is 340 g/mol. The van der Waals surface area contributed by atoms with Crippen LogP contribution in [0.2, 0.25) is 0 Å². The molecule has 0 aliphatic carbocycles. The van der Waals surface area contributed by atoms with Crippen molar-refractivity contribution in [3.05, 3.63) is 53.7 Å². The second kappa shape index (κ2) is 7.29. The predicted molar refractivity (Wildman–Crippen MR) is 90.6 cm³/mol. The highest BCUT2D eigenvalue weighted by Crippen LogP contribution is 2.23. The minimum atomic E-state index is -0.612. The summed E-state index contributed by atoms with van der Waals surface area (Å²) in [6.07, 6.45) is 3.04. The summed E-state index contributed by atoms with van der Waals surface area (Å²) in [4.78, 5) is 16.4. The molecule has 1 unspecified atom stereocenters. The van der Waals surface area contributed by atoms with Crippen molar-refractivity contribution in [3.8, 4) is 11.4 Å². The molecule has 3 rings (SSSR count). The van der Waals surface area contributed by atoms with Crippen LogP contribution >= 0.6 is 0 Å². The van der Waals surface area contributed by atoms with Crippen molar-refractivity contribution in [2.24, 2.45) is 0 Å². The average molecular weight is 340 g/mol. The number of nitrogens with zero attached hydrogens (tertiary/aromatic N) is 4. The number of ether oxygens (including phenoxy) is 1. The molecule has 3 aromatic rings. The number of esters is 1. The van der Waals surface area contributed by atoms with Gasteiger partial charge in [0, 0.05) is 23.9 Å². The molecule has 7 nitrogen and oxygen atoms in total. The Morgan fingerprint density at radius 3 is 2.88 bits per heavy atom. The number of hydrogen-bond donors (Lipinski definition) is 0. The first-order valence-corrected chi connectivity index (χ1v) is 8.17. The first-order valence-electron chi connectivity index (χ1n) is 8.17. The summed E-state index contributed by atoms with van der Waals surface area (Å²) in [5.74, 6) is 0.398. The van der Waals surface area contributed by atoms with Gasteiger partial charge in [0.05, 0.1) is 12.6 Å². The van der Waals surface area contributed by atoms with E-state index >= 15 is 0 Å². The molecule has 1 aromatic carbocycles. The topological polar surface area (TPSA) is 83.0 Å². The fourth-order valence-electron chi connectivity index (χ4n) is 2.46. The van der Waals surface area contributed by atoms with Gasteiger partial charge in [0.1, 0.15) is 0 Å². The first-order chi connectivity index (χ1) is 12.1. The van der Waals surface area contributed by atoms with E-state index in [0.717, 1.165) is 23.2 Å². The number of benzene rings is 1. The van der Waals surface area contributed by atoms with E-state index in [-0.39, 0.29) is 18.3 Å². The molecule has 130 valence electrons. The molecule has 0 amide bonds. The van der Waals surface area contributed by atoms with Gasteiger partial charge < -0.3 is 9.26 Å². The van der Waals surface area contributed by atoms with Crippen molar-refractivity contribution in [2.75, 3.05) is 0 Å². The van der Waals surface area contributed by atoms with E-state index in [1.165, 1.54) is 0 Å². The highest BCUT2D eigenvalue weighted by atomic mass is 16.6. The van der Waals surface area contributed by atoms with Crippen LogP contribution in [-0.4, -0.2) is 25.9 Å². The summed E-state index contributed by atoms with van der Waals surface area (Å²) in [5.41, 5.74) is 2.75. The van der Waals surface area contributed by atoms with E-state index in [1.807, 2.05) is 44.3 Å². The minimum absolute atomic E-state index is 0.156. The zero-order chi connectivity index (χ0) is 17.8. The Morgan fingerprint density at radius 1 is 1.36 bits per heavy atom. The van der Waals surface area contributed by atoms with E-state index in [9.17, 15) is 4.79 Å². The molecule has 0 N–H and O–H groups in total. The molecular weight excluding hydrogens is 320 g/mol. The van der Waals surface area contributed by atoms with Gasteiger partial charge in [-0.25, -0.2) is 0 Å². The van der Waals surface area contributed by atoms with E-state index in [1.54, 1.807) is 17.8 Å². The second-order valence-corrected chi connectivity index (χ2v) is 5.78. The van der Waals surface area contributed by atoms with E-state index < -0.39 is 6.10 Å². The lowest BCUT2D eigenvalue weighted by molar-refractivity contribution is -0.148. The zero-order valence-corrected chi connectivity index (χ0v) is 14.5. The first kappa shape index (κ1) is 16.9. The third-order valence-electron chi connectivity index (χ3n) is 3.84. The Bertz CT molecular complexity index is 869.